The number of allylic oxidation sites excluding steroid dienone is 8. The molecule has 4 aliphatic rings. The standard InChI is InChI=1S/2C9H11.C2H6O.3CH3.H2Si.Zr/c2*1-2-5-9-7-3-6-8(9)4-1;1-2-3;;;;;/h2*3,6-7H,1-2,4-5H2;3H,2H2,1H3;3*1H3;1H2;. The molecule has 0 fully saturated rings. The Morgan fingerprint density at radius 1 is 0.846 bits per heavy atom. The fourth-order valence-electron chi connectivity index (χ4n) is 6.16. The predicted molar refractivity (Wildman–Crippen MR) is 116 cm³/mol. The summed E-state index contributed by atoms with van der Waals surface area (Å²) < 4.78 is 9.90. The molecule has 0 radical (unpaired) electrons. The van der Waals surface area contributed by atoms with Gasteiger partial charge in [-0.2, -0.15) is 0 Å². The van der Waals surface area contributed by atoms with Crippen molar-refractivity contribution in [3.05, 3.63) is 46.6 Å². The van der Waals surface area contributed by atoms with Crippen LogP contribution < -0.4 is 0 Å². The Bertz CT molecular complexity index is 732. The molecule has 3 heteroatoms. The molecule has 4 aliphatic carbocycles. The third-order valence-corrected chi connectivity index (χ3v) is 28.5. The van der Waals surface area contributed by atoms with E-state index in [1.54, 1.807) is 18.1 Å². The molecule has 0 amide bonds. The fourth-order valence-corrected chi connectivity index (χ4v) is 25.1. The van der Waals surface area contributed by atoms with E-state index >= 15 is 0 Å². The average Bonchev–Trinajstić information content (AvgIpc) is 3.20. The number of aliphatic hydroxyl groups is 1. The van der Waals surface area contributed by atoms with Crippen molar-refractivity contribution in [1.82, 2.24) is 0 Å². The van der Waals surface area contributed by atoms with Crippen molar-refractivity contribution in [2.24, 2.45) is 0 Å². The van der Waals surface area contributed by atoms with Crippen LogP contribution in [-0.4, -0.2) is 18.6 Å². The van der Waals surface area contributed by atoms with Crippen molar-refractivity contribution in [3.8, 4) is 0 Å². The molecule has 145 valence electrons. The van der Waals surface area contributed by atoms with Crippen LogP contribution in [0.5, 0.6) is 0 Å². The van der Waals surface area contributed by atoms with Gasteiger partial charge in [0.2, 0.25) is 0 Å². The van der Waals surface area contributed by atoms with Gasteiger partial charge in [0.25, 0.3) is 0 Å². The molecule has 0 aromatic rings. The molecular formula is C23H39OSiZr. The van der Waals surface area contributed by atoms with E-state index < -0.39 is 15.9 Å². The van der Waals surface area contributed by atoms with Gasteiger partial charge in [0.15, 0.2) is 0 Å². The first-order valence-corrected chi connectivity index (χ1v) is 27.0. The maximum atomic E-state index is 7.57. The second-order valence-electron chi connectivity index (χ2n) is 11.4. The van der Waals surface area contributed by atoms with E-state index in [4.69, 9.17) is 5.11 Å². The van der Waals surface area contributed by atoms with E-state index in [0.717, 1.165) is 7.25 Å². The van der Waals surface area contributed by atoms with E-state index in [1.807, 2.05) is 11.1 Å². The SMILES string of the molecule is CCO.[CH3][Zr]([CH3])([CH3])(=[SiH2])([CH]1C=CC2=C1CCCC2)[CH]1C=CC2=C1CCCC2. The number of rotatable bonds is 2. The summed E-state index contributed by atoms with van der Waals surface area (Å²) in [5.41, 5.74) is 7.15. The van der Waals surface area contributed by atoms with E-state index in [2.05, 4.69) is 45.1 Å². The summed E-state index contributed by atoms with van der Waals surface area (Å²) in [6.07, 6.45) is 21.4. The van der Waals surface area contributed by atoms with Crippen LogP contribution in [0, 0.1) is 0 Å². The second kappa shape index (κ2) is 6.82. The third kappa shape index (κ3) is 3.53. The van der Waals surface area contributed by atoms with Gasteiger partial charge in [-0.3, -0.25) is 0 Å². The number of hydrogen-bond donors (Lipinski definition) is 1. The van der Waals surface area contributed by atoms with Gasteiger partial charge in [0.05, 0.1) is 0 Å². The molecule has 0 aromatic heterocycles. The van der Waals surface area contributed by atoms with Crippen LogP contribution in [0.3, 0.4) is 0 Å². The second-order valence-corrected chi connectivity index (χ2v) is 55.7. The van der Waals surface area contributed by atoms with Crippen LogP contribution in [0.15, 0.2) is 46.6 Å². The fraction of sp³-hybridized carbons (Fsp3) is 0.652. The van der Waals surface area contributed by atoms with E-state index in [9.17, 15) is 0 Å². The Kier molecular flexibility index (Phi) is 5.44. The van der Waals surface area contributed by atoms with Crippen LogP contribution in [0.4, 0.5) is 0 Å². The molecule has 2 unspecified atom stereocenters. The predicted octanol–water partition coefficient (Wildman–Crippen LogP) is 6.36. The molecular weight excluding hydrogens is 412 g/mol. The van der Waals surface area contributed by atoms with E-state index in [1.165, 1.54) is 51.4 Å². The van der Waals surface area contributed by atoms with Crippen molar-refractivity contribution >= 4 is 6.88 Å². The molecule has 1 nitrogen and oxygen atoms in total. The Balaban J connectivity index is 0.000000613. The first-order valence-electron chi connectivity index (χ1n) is 10.9. The molecule has 0 aliphatic heterocycles. The van der Waals surface area contributed by atoms with Crippen LogP contribution in [0.25, 0.3) is 0 Å². The summed E-state index contributed by atoms with van der Waals surface area (Å²) in [4.78, 5) is 0. The Morgan fingerprint density at radius 3 is 1.58 bits per heavy atom. The summed E-state index contributed by atoms with van der Waals surface area (Å²) in [5.74, 6) is 0. The van der Waals surface area contributed by atoms with Gasteiger partial charge in [-0.15, -0.1) is 0 Å². The average molecular weight is 451 g/mol. The Labute approximate surface area is 159 Å². The molecule has 0 aromatic carbocycles. The van der Waals surface area contributed by atoms with Gasteiger partial charge in [-0.25, -0.2) is 0 Å². The first kappa shape index (κ1) is 20.7. The molecule has 0 heterocycles. The normalized spacial score (nSPS) is 30.3. The molecule has 1 N–H and O–H groups in total. The Hall–Kier alpha value is 0.0200. The third-order valence-electron chi connectivity index (χ3n) is 7.50. The molecule has 2 atom stereocenters. The minimum absolute atomic E-state index is 0.250. The van der Waals surface area contributed by atoms with E-state index in [-0.39, 0.29) is 6.61 Å². The minimum atomic E-state index is -3.46. The Morgan fingerprint density at radius 2 is 1.19 bits per heavy atom. The zero-order valence-corrected chi connectivity index (χ0v) is 21.4. The van der Waals surface area contributed by atoms with Gasteiger partial charge in [0, 0.05) is 6.61 Å². The van der Waals surface area contributed by atoms with Crippen molar-refractivity contribution in [2.75, 3.05) is 6.61 Å². The molecule has 0 saturated carbocycles. The number of hydrogen-bond acceptors (Lipinski definition) is 1. The molecule has 0 saturated heterocycles. The van der Waals surface area contributed by atoms with Crippen LogP contribution in [0.1, 0.15) is 58.3 Å². The molecule has 4 rings (SSSR count). The monoisotopic (exact) mass is 449 g/mol. The van der Waals surface area contributed by atoms with E-state index in [0.29, 0.717) is 0 Å². The van der Waals surface area contributed by atoms with Gasteiger partial charge >= 0.3 is 142 Å². The zero-order chi connectivity index (χ0) is 19.1. The van der Waals surface area contributed by atoms with Gasteiger partial charge < -0.3 is 5.11 Å². The molecule has 0 spiro atoms. The van der Waals surface area contributed by atoms with Crippen molar-refractivity contribution in [3.63, 3.8) is 0 Å². The summed E-state index contributed by atoms with van der Waals surface area (Å²) in [7, 11) is 0. The van der Waals surface area contributed by atoms with Gasteiger partial charge in [-0.1, -0.05) is 0 Å². The molecule has 0 bridgehead atoms. The topological polar surface area (TPSA) is 20.2 Å². The van der Waals surface area contributed by atoms with Crippen LogP contribution >= 0.6 is 0 Å². The quantitative estimate of drug-likeness (QED) is 0.485. The first-order chi connectivity index (χ1) is 12.1. The van der Waals surface area contributed by atoms with Gasteiger partial charge in [-0.05, 0) is 6.92 Å². The van der Waals surface area contributed by atoms with Crippen molar-refractivity contribution < 1.29 is 21.0 Å². The zero-order valence-electron chi connectivity index (χ0n) is 17.5. The maximum absolute atomic E-state index is 7.57. The summed E-state index contributed by atoms with van der Waals surface area (Å²) in [6.45, 7) is 4.42. The number of aliphatic hydroxyl groups excluding tert-OH is 1. The van der Waals surface area contributed by atoms with Crippen molar-refractivity contribution in [1.29, 1.82) is 0 Å². The summed E-state index contributed by atoms with van der Waals surface area (Å²) >= 11 is -3.46. The van der Waals surface area contributed by atoms with Crippen LogP contribution in [0.2, 0.25) is 21.1 Å². The van der Waals surface area contributed by atoms with Gasteiger partial charge in [0.1, 0.15) is 0 Å². The summed E-state index contributed by atoms with van der Waals surface area (Å²) in [5, 5.41) is 7.57. The molecule has 26 heavy (non-hydrogen) atoms. The van der Waals surface area contributed by atoms with Crippen LogP contribution in [-0.2, 0) is 15.9 Å². The van der Waals surface area contributed by atoms with Crippen molar-refractivity contribution in [2.45, 2.75) is 79.4 Å². The summed E-state index contributed by atoms with van der Waals surface area (Å²) in [6, 6.07) is 0.